The van der Waals surface area contributed by atoms with Crippen LogP contribution in [0, 0.1) is 16.0 Å². The molecule has 1 aromatic carbocycles. The lowest BCUT2D eigenvalue weighted by Crippen LogP contribution is -2.26. The molecule has 0 bridgehead atoms. The molecule has 0 radical (unpaired) electrons. The van der Waals surface area contributed by atoms with E-state index in [9.17, 15) is 14.9 Å². The standard InChI is InChI=1S/C13H18N4O3/c14-11-2-1-10(7-12(11)17(19)20)13(18)16-6-4-9-3-5-15-8-9/h1-2,7,9,15H,3-6,8,14H2,(H,16,18). The van der Waals surface area contributed by atoms with E-state index < -0.39 is 4.92 Å². The van der Waals surface area contributed by atoms with Gasteiger partial charge in [-0.05, 0) is 44.0 Å². The Bertz CT molecular complexity index is 512. The zero-order chi connectivity index (χ0) is 14.5. The zero-order valence-corrected chi connectivity index (χ0v) is 11.1. The smallest absolute Gasteiger partial charge is 0.292 e. The van der Waals surface area contributed by atoms with Crippen LogP contribution in [0.2, 0.25) is 0 Å². The van der Waals surface area contributed by atoms with Crippen LogP contribution in [0.4, 0.5) is 11.4 Å². The first-order valence-electron chi connectivity index (χ1n) is 6.60. The van der Waals surface area contributed by atoms with Gasteiger partial charge in [0.25, 0.3) is 11.6 Å². The van der Waals surface area contributed by atoms with Gasteiger partial charge >= 0.3 is 0 Å². The molecule has 1 fully saturated rings. The minimum Gasteiger partial charge on any atom is -0.393 e. The molecule has 1 aliphatic heterocycles. The molecule has 0 spiro atoms. The van der Waals surface area contributed by atoms with E-state index in [1.54, 1.807) is 0 Å². The van der Waals surface area contributed by atoms with E-state index in [0.29, 0.717) is 12.5 Å². The number of nitro groups is 1. The minimum atomic E-state index is -0.587. The Morgan fingerprint density at radius 3 is 3.00 bits per heavy atom. The van der Waals surface area contributed by atoms with Crippen molar-refractivity contribution in [3.63, 3.8) is 0 Å². The van der Waals surface area contributed by atoms with Crippen molar-refractivity contribution in [2.24, 2.45) is 5.92 Å². The maximum atomic E-state index is 11.9. The summed E-state index contributed by atoms with van der Waals surface area (Å²) in [7, 11) is 0. The van der Waals surface area contributed by atoms with Crippen molar-refractivity contribution in [1.29, 1.82) is 0 Å². The topological polar surface area (TPSA) is 110 Å². The molecule has 1 atom stereocenters. The van der Waals surface area contributed by atoms with Crippen molar-refractivity contribution in [2.45, 2.75) is 12.8 Å². The van der Waals surface area contributed by atoms with E-state index in [0.717, 1.165) is 25.9 Å². The molecule has 0 aromatic heterocycles. The van der Waals surface area contributed by atoms with Crippen LogP contribution in [-0.2, 0) is 0 Å². The summed E-state index contributed by atoms with van der Waals surface area (Å²) in [6, 6.07) is 4.09. The third-order valence-corrected chi connectivity index (χ3v) is 3.49. The first kappa shape index (κ1) is 14.3. The fourth-order valence-electron chi connectivity index (χ4n) is 2.30. The molecule has 7 heteroatoms. The summed E-state index contributed by atoms with van der Waals surface area (Å²) < 4.78 is 0. The molecule has 4 N–H and O–H groups in total. The van der Waals surface area contributed by atoms with Crippen molar-refractivity contribution in [1.82, 2.24) is 10.6 Å². The molecule has 20 heavy (non-hydrogen) atoms. The molecule has 1 amide bonds. The van der Waals surface area contributed by atoms with Gasteiger partial charge in [0.1, 0.15) is 5.69 Å². The molecule has 0 aliphatic carbocycles. The number of amides is 1. The number of nitrogens with two attached hydrogens (primary N) is 1. The fraction of sp³-hybridized carbons (Fsp3) is 0.462. The van der Waals surface area contributed by atoms with Gasteiger partial charge in [-0.2, -0.15) is 0 Å². The molecule has 2 rings (SSSR count). The lowest BCUT2D eigenvalue weighted by molar-refractivity contribution is -0.383. The number of hydrogen-bond acceptors (Lipinski definition) is 5. The zero-order valence-electron chi connectivity index (χ0n) is 11.1. The van der Waals surface area contributed by atoms with Gasteiger partial charge in [0.05, 0.1) is 4.92 Å². The summed E-state index contributed by atoms with van der Waals surface area (Å²) >= 11 is 0. The predicted octanol–water partition coefficient (Wildman–Crippen LogP) is 0.906. The number of nitro benzene ring substituents is 1. The van der Waals surface area contributed by atoms with Crippen LogP contribution in [0.15, 0.2) is 18.2 Å². The second kappa shape index (κ2) is 6.33. The van der Waals surface area contributed by atoms with E-state index in [2.05, 4.69) is 10.6 Å². The normalized spacial score (nSPS) is 17.9. The highest BCUT2D eigenvalue weighted by molar-refractivity contribution is 5.95. The average molecular weight is 278 g/mol. The summed E-state index contributed by atoms with van der Waals surface area (Å²) in [5, 5.41) is 16.8. The molecule has 1 heterocycles. The second-order valence-corrected chi connectivity index (χ2v) is 4.93. The van der Waals surface area contributed by atoms with Gasteiger partial charge in [0, 0.05) is 18.2 Å². The van der Waals surface area contributed by atoms with Gasteiger partial charge in [-0.15, -0.1) is 0 Å². The Kier molecular flexibility index (Phi) is 4.52. The van der Waals surface area contributed by atoms with Crippen molar-refractivity contribution >= 4 is 17.3 Å². The largest absolute Gasteiger partial charge is 0.393 e. The van der Waals surface area contributed by atoms with Crippen LogP contribution < -0.4 is 16.4 Å². The fourth-order valence-corrected chi connectivity index (χ4v) is 2.30. The number of benzene rings is 1. The molecule has 1 aliphatic rings. The summed E-state index contributed by atoms with van der Waals surface area (Å²) in [5.41, 5.74) is 5.57. The summed E-state index contributed by atoms with van der Waals surface area (Å²) in [4.78, 5) is 22.1. The predicted molar refractivity (Wildman–Crippen MR) is 75.4 cm³/mol. The van der Waals surface area contributed by atoms with Crippen molar-refractivity contribution < 1.29 is 9.72 Å². The quantitative estimate of drug-likeness (QED) is 0.421. The van der Waals surface area contributed by atoms with Crippen LogP contribution in [-0.4, -0.2) is 30.5 Å². The van der Waals surface area contributed by atoms with Crippen LogP contribution >= 0.6 is 0 Å². The lowest BCUT2D eigenvalue weighted by Gasteiger charge is -2.09. The van der Waals surface area contributed by atoms with Crippen molar-refractivity contribution in [3.05, 3.63) is 33.9 Å². The Balaban J connectivity index is 1.91. The molecule has 108 valence electrons. The molecule has 1 unspecified atom stereocenters. The molecule has 1 saturated heterocycles. The number of carbonyl (C=O) groups excluding carboxylic acids is 1. The third kappa shape index (κ3) is 3.45. The Labute approximate surface area is 116 Å². The van der Waals surface area contributed by atoms with Gasteiger partial charge in [-0.1, -0.05) is 0 Å². The van der Waals surface area contributed by atoms with Crippen LogP contribution in [0.25, 0.3) is 0 Å². The van der Waals surface area contributed by atoms with Gasteiger partial charge in [0.15, 0.2) is 0 Å². The number of nitrogens with zero attached hydrogens (tertiary/aromatic N) is 1. The molecule has 1 aromatic rings. The maximum absolute atomic E-state index is 11.9. The lowest BCUT2D eigenvalue weighted by atomic mass is 10.1. The highest BCUT2D eigenvalue weighted by atomic mass is 16.6. The van der Waals surface area contributed by atoms with Crippen molar-refractivity contribution in [3.8, 4) is 0 Å². The maximum Gasteiger partial charge on any atom is 0.292 e. The molecular formula is C13H18N4O3. The number of nitrogen functional groups attached to an aromatic ring is 1. The second-order valence-electron chi connectivity index (χ2n) is 4.93. The van der Waals surface area contributed by atoms with Crippen LogP contribution in [0.1, 0.15) is 23.2 Å². The Morgan fingerprint density at radius 1 is 1.55 bits per heavy atom. The number of anilines is 1. The van der Waals surface area contributed by atoms with Crippen molar-refractivity contribution in [2.75, 3.05) is 25.4 Å². The van der Waals surface area contributed by atoms with Gasteiger partial charge < -0.3 is 16.4 Å². The van der Waals surface area contributed by atoms with Gasteiger partial charge in [0.2, 0.25) is 0 Å². The van der Waals surface area contributed by atoms with Gasteiger partial charge in [-0.3, -0.25) is 14.9 Å². The summed E-state index contributed by atoms with van der Waals surface area (Å²) in [5.74, 6) is 0.287. The third-order valence-electron chi connectivity index (χ3n) is 3.49. The number of nitrogens with one attached hydrogen (secondary N) is 2. The number of hydrogen-bond donors (Lipinski definition) is 3. The van der Waals surface area contributed by atoms with E-state index in [1.807, 2.05) is 0 Å². The molecular weight excluding hydrogens is 260 g/mol. The van der Waals surface area contributed by atoms with E-state index >= 15 is 0 Å². The molecule has 7 nitrogen and oxygen atoms in total. The highest BCUT2D eigenvalue weighted by Crippen LogP contribution is 2.22. The molecule has 0 saturated carbocycles. The van der Waals surface area contributed by atoms with E-state index in [4.69, 9.17) is 5.73 Å². The minimum absolute atomic E-state index is 0.0589. The highest BCUT2D eigenvalue weighted by Gasteiger charge is 2.17. The van der Waals surface area contributed by atoms with Gasteiger partial charge in [-0.25, -0.2) is 0 Å². The average Bonchev–Trinajstić information content (AvgIpc) is 2.92. The van der Waals surface area contributed by atoms with E-state index in [-0.39, 0.29) is 22.8 Å². The Hall–Kier alpha value is -2.15. The summed E-state index contributed by atoms with van der Waals surface area (Å²) in [6.45, 7) is 2.59. The van der Waals surface area contributed by atoms with Crippen LogP contribution in [0.5, 0.6) is 0 Å². The number of carbonyl (C=O) groups is 1. The van der Waals surface area contributed by atoms with E-state index in [1.165, 1.54) is 18.2 Å². The Morgan fingerprint density at radius 2 is 2.35 bits per heavy atom. The van der Waals surface area contributed by atoms with Crippen LogP contribution in [0.3, 0.4) is 0 Å². The number of rotatable bonds is 5. The SMILES string of the molecule is Nc1ccc(C(=O)NCCC2CCNC2)cc1[N+](=O)[O-]. The first-order chi connectivity index (χ1) is 9.58. The monoisotopic (exact) mass is 278 g/mol. The summed E-state index contributed by atoms with van der Waals surface area (Å²) in [6.07, 6.45) is 2.04. The first-order valence-corrected chi connectivity index (χ1v) is 6.60.